The summed E-state index contributed by atoms with van der Waals surface area (Å²) in [5.41, 5.74) is 3.72. The number of fused-ring (bicyclic) bond motifs is 2. The van der Waals surface area contributed by atoms with E-state index in [-0.39, 0.29) is 11.5 Å². The fraction of sp³-hybridized carbons (Fsp3) is 0.105. The summed E-state index contributed by atoms with van der Waals surface area (Å²) < 4.78 is 0. The molecule has 0 radical (unpaired) electrons. The van der Waals surface area contributed by atoms with Gasteiger partial charge in [-0.1, -0.05) is 23.8 Å². The van der Waals surface area contributed by atoms with Crippen molar-refractivity contribution in [2.75, 3.05) is 11.9 Å². The first kappa shape index (κ1) is 14.4. The van der Waals surface area contributed by atoms with Crippen molar-refractivity contribution >= 4 is 34.1 Å². The lowest BCUT2D eigenvalue weighted by Crippen LogP contribution is -2.20. The molecule has 0 saturated heterocycles. The third-order valence-corrected chi connectivity index (χ3v) is 4.25. The predicted octanol–water partition coefficient (Wildman–Crippen LogP) is 2.75. The zero-order valence-electron chi connectivity index (χ0n) is 13.3. The van der Waals surface area contributed by atoms with Crippen LogP contribution < -0.4 is 10.5 Å². The standard InChI is InChI=1S/C19H15N3O2/c1-11-7-8-16-13(9-11)14(19(24)22(16)2)10-17-20-15-6-4-3-5-12(15)18(23)21-17/h3-10H,1-2H3,(H,20,21,23)/b14-10-. The van der Waals surface area contributed by atoms with Gasteiger partial charge in [-0.15, -0.1) is 0 Å². The zero-order valence-corrected chi connectivity index (χ0v) is 13.3. The average Bonchev–Trinajstić information content (AvgIpc) is 2.79. The van der Waals surface area contributed by atoms with Gasteiger partial charge in [0.1, 0.15) is 5.82 Å². The molecular weight excluding hydrogens is 302 g/mol. The van der Waals surface area contributed by atoms with Crippen LogP contribution >= 0.6 is 0 Å². The van der Waals surface area contributed by atoms with Crippen molar-refractivity contribution in [2.24, 2.45) is 0 Å². The van der Waals surface area contributed by atoms with Gasteiger partial charge in [0.2, 0.25) is 0 Å². The number of likely N-dealkylation sites (N-methyl/N-ethyl adjacent to an activating group) is 1. The van der Waals surface area contributed by atoms with Crippen LogP contribution in [0.1, 0.15) is 17.0 Å². The second-order valence-electron chi connectivity index (χ2n) is 5.91. The van der Waals surface area contributed by atoms with Crippen LogP contribution in [0.3, 0.4) is 0 Å². The van der Waals surface area contributed by atoms with E-state index in [4.69, 9.17) is 0 Å². The Morgan fingerprint density at radius 2 is 1.92 bits per heavy atom. The first-order valence-corrected chi connectivity index (χ1v) is 7.64. The lowest BCUT2D eigenvalue weighted by Gasteiger charge is -2.08. The normalized spacial score (nSPS) is 15.3. The number of hydrogen-bond acceptors (Lipinski definition) is 3. The van der Waals surface area contributed by atoms with Crippen LogP contribution in [0.25, 0.3) is 22.6 Å². The van der Waals surface area contributed by atoms with Crippen LogP contribution in [-0.2, 0) is 4.79 Å². The number of anilines is 1. The zero-order chi connectivity index (χ0) is 16.8. The van der Waals surface area contributed by atoms with Gasteiger partial charge in [0.15, 0.2) is 0 Å². The number of aryl methyl sites for hydroxylation is 1. The molecule has 4 rings (SSSR count). The number of hydrogen-bond donors (Lipinski definition) is 1. The van der Waals surface area contributed by atoms with Gasteiger partial charge in [0.25, 0.3) is 11.5 Å². The fourth-order valence-corrected chi connectivity index (χ4v) is 3.01. The number of amides is 1. The molecule has 1 aromatic heterocycles. The van der Waals surface area contributed by atoms with Gasteiger partial charge in [0.05, 0.1) is 22.2 Å². The second kappa shape index (κ2) is 5.16. The molecule has 5 nitrogen and oxygen atoms in total. The van der Waals surface area contributed by atoms with E-state index in [0.717, 1.165) is 16.8 Å². The maximum atomic E-state index is 12.6. The third-order valence-electron chi connectivity index (χ3n) is 4.25. The summed E-state index contributed by atoms with van der Waals surface area (Å²) in [6.45, 7) is 1.98. The molecule has 118 valence electrons. The van der Waals surface area contributed by atoms with Gasteiger partial charge >= 0.3 is 0 Å². The number of nitrogens with zero attached hydrogens (tertiary/aromatic N) is 2. The molecule has 0 saturated carbocycles. The molecular formula is C19H15N3O2. The number of carbonyl (C=O) groups excluding carboxylic acids is 1. The van der Waals surface area contributed by atoms with Crippen molar-refractivity contribution in [3.63, 3.8) is 0 Å². The lowest BCUT2D eigenvalue weighted by molar-refractivity contribution is -0.112. The van der Waals surface area contributed by atoms with Crippen LogP contribution in [0.4, 0.5) is 5.69 Å². The highest BCUT2D eigenvalue weighted by Crippen LogP contribution is 2.36. The lowest BCUT2D eigenvalue weighted by atomic mass is 10.0. The molecule has 1 amide bonds. The van der Waals surface area contributed by atoms with E-state index in [1.54, 1.807) is 36.2 Å². The SMILES string of the molecule is Cc1ccc2c(c1)/C(=C/c1nc3ccccc3c(=O)[nH]1)C(=O)N2C. The maximum Gasteiger partial charge on any atom is 0.259 e. The molecule has 2 heterocycles. The number of nitrogens with one attached hydrogen (secondary N) is 1. The topological polar surface area (TPSA) is 66.1 Å². The summed E-state index contributed by atoms with van der Waals surface area (Å²) in [4.78, 5) is 33.6. The van der Waals surface area contributed by atoms with Crippen molar-refractivity contribution in [3.8, 4) is 0 Å². The predicted molar refractivity (Wildman–Crippen MR) is 94.8 cm³/mol. The van der Waals surface area contributed by atoms with Gasteiger partial charge in [-0.05, 0) is 37.3 Å². The molecule has 5 heteroatoms. The van der Waals surface area contributed by atoms with Gasteiger partial charge < -0.3 is 9.88 Å². The van der Waals surface area contributed by atoms with Crippen LogP contribution in [0.5, 0.6) is 0 Å². The van der Waals surface area contributed by atoms with E-state index < -0.39 is 0 Å². The smallest absolute Gasteiger partial charge is 0.259 e. The van der Waals surface area contributed by atoms with E-state index >= 15 is 0 Å². The minimum atomic E-state index is -0.212. The largest absolute Gasteiger partial charge is 0.311 e. The molecule has 1 aliphatic heterocycles. The molecule has 0 bridgehead atoms. The molecule has 1 aliphatic rings. The van der Waals surface area contributed by atoms with E-state index in [9.17, 15) is 9.59 Å². The van der Waals surface area contributed by atoms with Crippen molar-refractivity contribution in [2.45, 2.75) is 6.92 Å². The van der Waals surface area contributed by atoms with Gasteiger partial charge in [-0.25, -0.2) is 4.98 Å². The minimum absolute atomic E-state index is 0.105. The fourth-order valence-electron chi connectivity index (χ4n) is 3.01. The first-order chi connectivity index (χ1) is 11.5. The Balaban J connectivity index is 1.92. The van der Waals surface area contributed by atoms with Gasteiger partial charge in [0, 0.05) is 12.6 Å². The molecule has 0 fully saturated rings. The van der Waals surface area contributed by atoms with Crippen LogP contribution in [-0.4, -0.2) is 22.9 Å². The number of rotatable bonds is 1. The summed E-state index contributed by atoms with van der Waals surface area (Å²) in [6, 6.07) is 13.0. The van der Waals surface area contributed by atoms with Crippen LogP contribution in [0.2, 0.25) is 0 Å². The number of para-hydroxylation sites is 1. The summed E-state index contributed by atoms with van der Waals surface area (Å²) in [5, 5.41) is 0.533. The average molecular weight is 317 g/mol. The number of H-pyrrole nitrogens is 1. The highest BCUT2D eigenvalue weighted by molar-refractivity contribution is 6.35. The monoisotopic (exact) mass is 317 g/mol. The van der Waals surface area contributed by atoms with E-state index in [1.165, 1.54) is 0 Å². The maximum absolute atomic E-state index is 12.6. The molecule has 0 aliphatic carbocycles. The van der Waals surface area contributed by atoms with Gasteiger partial charge in [-0.2, -0.15) is 0 Å². The van der Waals surface area contributed by atoms with Crippen molar-refractivity contribution in [3.05, 3.63) is 69.8 Å². The number of carbonyl (C=O) groups is 1. The minimum Gasteiger partial charge on any atom is -0.311 e. The Morgan fingerprint density at radius 3 is 2.75 bits per heavy atom. The van der Waals surface area contributed by atoms with Crippen molar-refractivity contribution < 1.29 is 4.79 Å². The Bertz CT molecular complexity index is 1080. The third kappa shape index (κ3) is 2.13. The quantitative estimate of drug-likeness (QED) is 0.702. The second-order valence-corrected chi connectivity index (χ2v) is 5.91. The van der Waals surface area contributed by atoms with E-state index in [1.807, 2.05) is 31.2 Å². The van der Waals surface area contributed by atoms with Crippen LogP contribution in [0.15, 0.2) is 47.3 Å². The number of aromatic amines is 1. The highest BCUT2D eigenvalue weighted by atomic mass is 16.2. The Hall–Kier alpha value is -3.21. The molecule has 2 aromatic carbocycles. The Kier molecular flexibility index (Phi) is 3.09. The Labute approximate surface area is 138 Å². The Morgan fingerprint density at radius 1 is 1.12 bits per heavy atom. The summed E-state index contributed by atoms with van der Waals surface area (Å²) in [6.07, 6.45) is 1.65. The molecule has 0 spiro atoms. The molecule has 3 aromatic rings. The highest BCUT2D eigenvalue weighted by Gasteiger charge is 2.29. The van der Waals surface area contributed by atoms with E-state index in [2.05, 4.69) is 9.97 Å². The molecule has 0 atom stereocenters. The molecule has 1 N–H and O–H groups in total. The van der Waals surface area contributed by atoms with Crippen molar-refractivity contribution in [1.29, 1.82) is 0 Å². The van der Waals surface area contributed by atoms with Gasteiger partial charge in [-0.3, -0.25) is 9.59 Å². The van der Waals surface area contributed by atoms with E-state index in [0.29, 0.717) is 22.3 Å². The number of benzene rings is 2. The summed E-state index contributed by atoms with van der Waals surface area (Å²) in [7, 11) is 1.74. The first-order valence-electron chi connectivity index (χ1n) is 7.64. The summed E-state index contributed by atoms with van der Waals surface area (Å²) in [5.74, 6) is 0.274. The van der Waals surface area contributed by atoms with Crippen molar-refractivity contribution in [1.82, 2.24) is 9.97 Å². The molecule has 24 heavy (non-hydrogen) atoms. The molecule has 0 unspecified atom stereocenters. The summed E-state index contributed by atoms with van der Waals surface area (Å²) >= 11 is 0. The number of aromatic nitrogens is 2. The van der Waals surface area contributed by atoms with Crippen LogP contribution in [0, 0.1) is 6.92 Å².